The number of unbranched alkanes of at least 4 members (excludes halogenated alkanes) is 4. The number of carbonyl (C=O) groups is 2. The number of halogens is 1. The van der Waals surface area contributed by atoms with E-state index in [-0.39, 0.29) is 30.0 Å². The molecule has 5 heteroatoms. The van der Waals surface area contributed by atoms with Crippen molar-refractivity contribution >= 4 is 34.3 Å². The fourth-order valence-electron chi connectivity index (χ4n) is 4.05. The second-order valence-electron chi connectivity index (χ2n) is 9.84. The van der Waals surface area contributed by atoms with Crippen molar-refractivity contribution in [2.75, 3.05) is 0 Å². The van der Waals surface area contributed by atoms with Crippen LogP contribution in [0.5, 0.6) is 0 Å². The monoisotopic (exact) mass is 457 g/mol. The van der Waals surface area contributed by atoms with Gasteiger partial charge >= 0.3 is 5.97 Å². The summed E-state index contributed by atoms with van der Waals surface area (Å²) in [6.45, 7) is 8.18. The summed E-state index contributed by atoms with van der Waals surface area (Å²) < 4.78 is 2.09. The first-order chi connectivity index (χ1) is 15.0. The minimum absolute atomic E-state index is 0.000860. The summed E-state index contributed by atoms with van der Waals surface area (Å²) in [5.41, 5.74) is 2.76. The molecule has 0 amide bonds. The number of aliphatic carboxylic acids is 1. The van der Waals surface area contributed by atoms with Crippen molar-refractivity contribution in [2.24, 2.45) is 18.4 Å². The zero-order valence-corrected chi connectivity index (χ0v) is 20.8. The Hall–Kier alpha value is -2.25. The third kappa shape index (κ3) is 7.71. The topological polar surface area (TPSA) is 59.3 Å². The van der Waals surface area contributed by atoms with E-state index in [0.717, 1.165) is 55.1 Å². The van der Waals surface area contributed by atoms with Gasteiger partial charge in [0.1, 0.15) is 0 Å². The Morgan fingerprint density at radius 2 is 1.81 bits per heavy atom. The molecule has 1 aromatic heterocycles. The van der Waals surface area contributed by atoms with Crippen molar-refractivity contribution < 1.29 is 14.7 Å². The van der Waals surface area contributed by atoms with E-state index in [1.54, 1.807) is 0 Å². The number of carboxylic acid groups (broad SMARTS) is 1. The molecular formula is C27H36ClNO3. The third-order valence-electron chi connectivity index (χ3n) is 5.55. The van der Waals surface area contributed by atoms with Crippen molar-refractivity contribution in [1.29, 1.82) is 0 Å². The highest BCUT2D eigenvalue weighted by Crippen LogP contribution is 2.31. The Morgan fingerprint density at radius 1 is 1.12 bits per heavy atom. The van der Waals surface area contributed by atoms with E-state index in [0.29, 0.717) is 10.6 Å². The van der Waals surface area contributed by atoms with Gasteiger partial charge in [0.25, 0.3) is 0 Å². The molecule has 0 saturated heterocycles. The lowest BCUT2D eigenvalue weighted by molar-refractivity contribution is -0.137. The van der Waals surface area contributed by atoms with Crippen LogP contribution < -0.4 is 0 Å². The summed E-state index contributed by atoms with van der Waals surface area (Å²) in [7, 11) is 1.99. The number of carbonyl (C=O) groups excluding carboxylic acids is 1. The fourth-order valence-corrected chi connectivity index (χ4v) is 4.22. The SMILES string of the molecule is C[C@H](CC(=O)O)CC(=O)c1c(CCCCCCC#CC(C)(C)C)n(C)c2ccc(Cl)cc12. The smallest absolute Gasteiger partial charge is 0.303 e. The molecule has 0 radical (unpaired) electrons. The van der Waals surface area contributed by atoms with Crippen molar-refractivity contribution in [1.82, 2.24) is 4.57 Å². The van der Waals surface area contributed by atoms with Gasteiger partial charge in [-0.15, -0.1) is 5.92 Å². The van der Waals surface area contributed by atoms with Gasteiger partial charge in [-0.25, -0.2) is 0 Å². The lowest BCUT2D eigenvalue weighted by Crippen LogP contribution is -2.12. The van der Waals surface area contributed by atoms with Gasteiger partial charge in [-0.1, -0.05) is 37.3 Å². The molecule has 32 heavy (non-hydrogen) atoms. The third-order valence-corrected chi connectivity index (χ3v) is 5.78. The van der Waals surface area contributed by atoms with Crippen LogP contribution in [-0.4, -0.2) is 21.4 Å². The number of fused-ring (bicyclic) bond motifs is 1. The molecule has 0 fully saturated rings. The van der Waals surface area contributed by atoms with E-state index in [4.69, 9.17) is 16.7 Å². The second-order valence-corrected chi connectivity index (χ2v) is 10.3. The van der Waals surface area contributed by atoms with Gasteiger partial charge in [0.05, 0.1) is 0 Å². The molecule has 2 rings (SSSR count). The maximum absolute atomic E-state index is 13.2. The number of Topliss-reactive ketones (excluding diaryl/α,β-unsaturated/α-hetero) is 1. The quantitative estimate of drug-likeness (QED) is 0.223. The zero-order chi connectivity index (χ0) is 23.9. The molecule has 0 spiro atoms. The number of aryl methyl sites for hydroxylation is 1. The molecule has 0 aliphatic rings. The van der Waals surface area contributed by atoms with Crippen molar-refractivity contribution in [2.45, 2.75) is 79.1 Å². The van der Waals surface area contributed by atoms with Gasteiger partial charge in [0.2, 0.25) is 0 Å². The molecule has 0 unspecified atom stereocenters. The Morgan fingerprint density at radius 3 is 2.47 bits per heavy atom. The molecule has 2 aromatic rings. The van der Waals surface area contributed by atoms with E-state index < -0.39 is 5.97 Å². The van der Waals surface area contributed by atoms with Gasteiger partial charge in [-0.05, 0) is 64.2 Å². The summed E-state index contributed by atoms with van der Waals surface area (Å²) in [6, 6.07) is 5.64. The summed E-state index contributed by atoms with van der Waals surface area (Å²) in [5.74, 6) is 5.45. The highest BCUT2D eigenvalue weighted by molar-refractivity contribution is 6.31. The van der Waals surface area contributed by atoms with Gasteiger partial charge in [-0.2, -0.15) is 0 Å². The number of ketones is 1. The zero-order valence-electron chi connectivity index (χ0n) is 20.1. The Kier molecular flexibility index (Phi) is 9.40. The number of benzene rings is 1. The van der Waals surface area contributed by atoms with Gasteiger partial charge in [-0.3, -0.25) is 9.59 Å². The Balaban J connectivity index is 2.10. The van der Waals surface area contributed by atoms with Crippen LogP contribution in [0, 0.1) is 23.2 Å². The molecule has 0 bridgehead atoms. The number of rotatable bonds is 11. The highest BCUT2D eigenvalue weighted by Gasteiger charge is 2.23. The van der Waals surface area contributed by atoms with Gasteiger partial charge in [0, 0.05) is 58.9 Å². The summed E-state index contributed by atoms with van der Waals surface area (Å²) in [6.07, 6.45) is 6.24. The number of hydrogen-bond acceptors (Lipinski definition) is 2. The average molecular weight is 458 g/mol. The van der Waals surface area contributed by atoms with Crippen LogP contribution in [0.4, 0.5) is 0 Å². The molecule has 0 aliphatic heterocycles. The van der Waals surface area contributed by atoms with E-state index in [1.165, 1.54) is 0 Å². The Labute approximate surface area is 197 Å². The maximum Gasteiger partial charge on any atom is 0.303 e. The minimum Gasteiger partial charge on any atom is -0.481 e. The molecular weight excluding hydrogens is 422 g/mol. The lowest BCUT2D eigenvalue weighted by atomic mass is 9.94. The van der Waals surface area contributed by atoms with Crippen LogP contribution in [-0.2, 0) is 18.3 Å². The normalized spacial score (nSPS) is 12.4. The molecule has 0 saturated carbocycles. The molecule has 1 atom stereocenters. The van der Waals surface area contributed by atoms with Crippen LogP contribution in [0.25, 0.3) is 10.9 Å². The van der Waals surface area contributed by atoms with Crippen LogP contribution in [0.2, 0.25) is 5.02 Å². The summed E-state index contributed by atoms with van der Waals surface area (Å²) in [4.78, 5) is 24.3. The van der Waals surface area contributed by atoms with Crippen LogP contribution in [0.1, 0.15) is 88.7 Å². The van der Waals surface area contributed by atoms with Crippen LogP contribution in [0.15, 0.2) is 18.2 Å². The maximum atomic E-state index is 13.2. The number of hydrogen-bond donors (Lipinski definition) is 1. The standard InChI is InChI=1S/C27H36ClNO3/c1-19(17-25(31)32)16-24(30)26-21-18-20(28)13-14-22(21)29(5)23(26)12-10-8-6-7-9-11-15-27(2,3)4/h13-14,18-19H,6-10,12,16-17H2,1-5H3,(H,31,32)/t19-/m0/s1. The van der Waals surface area contributed by atoms with Crippen molar-refractivity contribution in [3.8, 4) is 11.8 Å². The molecule has 4 nitrogen and oxygen atoms in total. The largest absolute Gasteiger partial charge is 0.481 e. The average Bonchev–Trinajstić information content (AvgIpc) is 2.93. The first kappa shape index (κ1) is 26.0. The number of aromatic nitrogens is 1. The van der Waals surface area contributed by atoms with Gasteiger partial charge in [0.15, 0.2) is 5.78 Å². The second kappa shape index (κ2) is 11.6. The molecule has 0 aliphatic carbocycles. The van der Waals surface area contributed by atoms with Crippen LogP contribution >= 0.6 is 11.6 Å². The minimum atomic E-state index is -0.876. The van der Waals surface area contributed by atoms with E-state index >= 15 is 0 Å². The molecule has 1 heterocycles. The lowest BCUT2D eigenvalue weighted by Gasteiger charge is -2.11. The predicted octanol–water partition coefficient (Wildman–Crippen LogP) is 7.06. The van der Waals surface area contributed by atoms with Crippen molar-refractivity contribution in [3.05, 3.63) is 34.5 Å². The Bertz CT molecular complexity index is 1020. The van der Waals surface area contributed by atoms with E-state index in [9.17, 15) is 9.59 Å². The molecule has 1 N–H and O–H groups in total. The first-order valence-electron chi connectivity index (χ1n) is 11.5. The van der Waals surface area contributed by atoms with Crippen molar-refractivity contribution in [3.63, 3.8) is 0 Å². The first-order valence-corrected chi connectivity index (χ1v) is 11.9. The fraction of sp³-hybridized carbons (Fsp3) is 0.556. The number of nitrogens with zero attached hydrogens (tertiary/aromatic N) is 1. The van der Waals surface area contributed by atoms with E-state index in [2.05, 4.69) is 37.2 Å². The molecule has 1 aromatic carbocycles. The van der Waals surface area contributed by atoms with E-state index in [1.807, 2.05) is 32.2 Å². The molecule has 174 valence electrons. The van der Waals surface area contributed by atoms with Gasteiger partial charge < -0.3 is 9.67 Å². The predicted molar refractivity (Wildman–Crippen MR) is 132 cm³/mol. The number of carboxylic acids is 1. The summed E-state index contributed by atoms with van der Waals surface area (Å²) >= 11 is 6.24. The highest BCUT2D eigenvalue weighted by atomic mass is 35.5. The van der Waals surface area contributed by atoms with Crippen LogP contribution in [0.3, 0.4) is 0 Å². The summed E-state index contributed by atoms with van der Waals surface area (Å²) in [5, 5.41) is 10.5.